The summed E-state index contributed by atoms with van der Waals surface area (Å²) in [6, 6.07) is 9.36. The van der Waals surface area contributed by atoms with Crippen molar-refractivity contribution < 1.29 is 9.18 Å². The number of rotatable bonds is 3. The van der Waals surface area contributed by atoms with Crippen molar-refractivity contribution in [2.24, 2.45) is 0 Å². The molecular formula is C22H24FN5O. The topological polar surface area (TPSA) is 52.9 Å². The molecule has 150 valence electrons. The highest BCUT2D eigenvalue weighted by Gasteiger charge is 2.24. The lowest BCUT2D eigenvalue weighted by Crippen LogP contribution is -2.43. The van der Waals surface area contributed by atoms with E-state index in [1.807, 2.05) is 21.4 Å². The molecule has 1 fully saturated rings. The Labute approximate surface area is 168 Å². The van der Waals surface area contributed by atoms with Gasteiger partial charge in [-0.1, -0.05) is 6.07 Å². The van der Waals surface area contributed by atoms with Gasteiger partial charge in [0.1, 0.15) is 11.5 Å². The SMILES string of the molecule is CC(=O)N1CCc2cc(-c3nc4ccc(F)cn4c3CN3CCNCC3)ccc21. The zero-order valence-corrected chi connectivity index (χ0v) is 16.5. The lowest BCUT2D eigenvalue weighted by atomic mass is 10.0. The maximum Gasteiger partial charge on any atom is 0.223 e. The van der Waals surface area contributed by atoms with Gasteiger partial charge in [0, 0.05) is 63.6 Å². The maximum atomic E-state index is 14.0. The zero-order valence-electron chi connectivity index (χ0n) is 16.5. The van der Waals surface area contributed by atoms with Crippen LogP contribution >= 0.6 is 0 Å². The van der Waals surface area contributed by atoms with Crippen molar-refractivity contribution in [1.82, 2.24) is 19.6 Å². The summed E-state index contributed by atoms with van der Waals surface area (Å²) in [6.07, 6.45) is 2.37. The molecule has 0 spiro atoms. The molecule has 4 heterocycles. The first-order chi connectivity index (χ1) is 14.1. The van der Waals surface area contributed by atoms with Crippen LogP contribution in [0.25, 0.3) is 16.9 Å². The van der Waals surface area contributed by atoms with E-state index in [1.165, 1.54) is 12.3 Å². The molecule has 0 atom stereocenters. The van der Waals surface area contributed by atoms with E-state index in [2.05, 4.69) is 16.3 Å². The number of hydrogen-bond acceptors (Lipinski definition) is 4. The number of piperazine rings is 1. The van der Waals surface area contributed by atoms with Crippen LogP contribution < -0.4 is 10.2 Å². The minimum absolute atomic E-state index is 0.0686. The van der Waals surface area contributed by atoms with Crippen LogP contribution in [0.4, 0.5) is 10.1 Å². The van der Waals surface area contributed by atoms with E-state index in [0.717, 1.165) is 79.5 Å². The average Bonchev–Trinajstić information content (AvgIpc) is 3.30. The van der Waals surface area contributed by atoms with Gasteiger partial charge in [-0.2, -0.15) is 0 Å². The number of hydrogen-bond donors (Lipinski definition) is 1. The summed E-state index contributed by atoms with van der Waals surface area (Å²) in [5.74, 6) is -0.201. The van der Waals surface area contributed by atoms with Crippen molar-refractivity contribution in [3.8, 4) is 11.3 Å². The van der Waals surface area contributed by atoms with E-state index in [-0.39, 0.29) is 11.7 Å². The number of pyridine rings is 1. The van der Waals surface area contributed by atoms with Gasteiger partial charge in [0.15, 0.2) is 0 Å². The summed E-state index contributed by atoms with van der Waals surface area (Å²) in [5, 5.41) is 3.37. The predicted molar refractivity (Wildman–Crippen MR) is 110 cm³/mol. The fraction of sp³-hybridized carbons (Fsp3) is 0.364. The molecule has 1 saturated heterocycles. The summed E-state index contributed by atoms with van der Waals surface area (Å²) in [4.78, 5) is 20.9. The highest BCUT2D eigenvalue weighted by Crippen LogP contribution is 2.34. The van der Waals surface area contributed by atoms with Gasteiger partial charge < -0.3 is 10.2 Å². The Hall–Kier alpha value is -2.77. The standard InChI is InChI=1S/C22H24FN5O/c1-15(29)27-9-6-16-12-17(2-4-19(16)27)22-20(14-26-10-7-24-8-11-26)28-13-18(23)3-5-21(28)25-22/h2-5,12-13,24H,6-11,14H2,1H3. The van der Waals surface area contributed by atoms with Gasteiger partial charge in [0.2, 0.25) is 5.91 Å². The second-order valence-electron chi connectivity index (χ2n) is 7.77. The van der Waals surface area contributed by atoms with Crippen molar-refractivity contribution in [1.29, 1.82) is 0 Å². The summed E-state index contributed by atoms with van der Waals surface area (Å²) in [7, 11) is 0. The Morgan fingerprint density at radius 1 is 1.17 bits per heavy atom. The monoisotopic (exact) mass is 393 g/mol. The Morgan fingerprint density at radius 2 is 2.00 bits per heavy atom. The van der Waals surface area contributed by atoms with Crippen LogP contribution in [0.1, 0.15) is 18.2 Å². The fourth-order valence-corrected chi connectivity index (χ4v) is 4.41. The highest BCUT2D eigenvalue weighted by molar-refractivity contribution is 5.94. The van der Waals surface area contributed by atoms with Crippen molar-refractivity contribution in [3.63, 3.8) is 0 Å². The van der Waals surface area contributed by atoms with Crippen LogP contribution in [-0.4, -0.2) is 52.9 Å². The lowest BCUT2D eigenvalue weighted by Gasteiger charge is -2.27. The molecule has 0 radical (unpaired) electrons. The Balaban J connectivity index is 1.59. The summed E-state index contributed by atoms with van der Waals surface area (Å²) in [6.45, 7) is 6.88. The van der Waals surface area contributed by atoms with Gasteiger partial charge >= 0.3 is 0 Å². The molecule has 0 unspecified atom stereocenters. The molecule has 1 amide bonds. The number of amides is 1. The number of fused-ring (bicyclic) bond motifs is 2. The first-order valence-electron chi connectivity index (χ1n) is 10.1. The van der Waals surface area contributed by atoms with Crippen LogP contribution in [0.15, 0.2) is 36.5 Å². The smallest absolute Gasteiger partial charge is 0.223 e. The predicted octanol–water partition coefficient (Wildman–Crippen LogP) is 2.45. The summed E-state index contributed by atoms with van der Waals surface area (Å²) < 4.78 is 15.9. The quantitative estimate of drug-likeness (QED) is 0.743. The minimum Gasteiger partial charge on any atom is -0.314 e. The van der Waals surface area contributed by atoms with Crippen LogP contribution in [0.2, 0.25) is 0 Å². The normalized spacial score (nSPS) is 17.1. The van der Waals surface area contributed by atoms with Gasteiger partial charge in [-0.25, -0.2) is 9.37 Å². The molecule has 1 N–H and O–H groups in total. The highest BCUT2D eigenvalue weighted by atomic mass is 19.1. The molecule has 7 heteroatoms. The first-order valence-corrected chi connectivity index (χ1v) is 10.1. The number of aromatic nitrogens is 2. The third-order valence-electron chi connectivity index (χ3n) is 5.89. The van der Waals surface area contributed by atoms with Crippen LogP contribution in [0.3, 0.4) is 0 Å². The second kappa shape index (κ2) is 7.24. The number of benzene rings is 1. The molecule has 6 nitrogen and oxygen atoms in total. The number of nitrogens with zero attached hydrogens (tertiary/aromatic N) is 4. The van der Waals surface area contributed by atoms with Gasteiger partial charge in [-0.15, -0.1) is 0 Å². The number of nitrogens with one attached hydrogen (secondary N) is 1. The number of carbonyl (C=O) groups is 1. The Bertz CT molecular complexity index is 1090. The fourth-order valence-electron chi connectivity index (χ4n) is 4.41. The zero-order chi connectivity index (χ0) is 20.0. The molecule has 2 aliphatic heterocycles. The van der Waals surface area contributed by atoms with Gasteiger partial charge in [-0.3, -0.25) is 14.1 Å². The summed E-state index contributed by atoms with van der Waals surface area (Å²) >= 11 is 0. The van der Waals surface area contributed by atoms with E-state index in [4.69, 9.17) is 4.98 Å². The first kappa shape index (κ1) is 18.3. The van der Waals surface area contributed by atoms with E-state index in [9.17, 15) is 9.18 Å². The number of halogens is 1. The molecule has 0 aliphatic carbocycles. The summed E-state index contributed by atoms with van der Waals surface area (Å²) in [5.41, 5.74) is 5.80. The number of anilines is 1. The molecule has 2 aliphatic rings. The van der Waals surface area contributed by atoms with Crippen LogP contribution in [0, 0.1) is 5.82 Å². The van der Waals surface area contributed by atoms with E-state index in [0.29, 0.717) is 0 Å². The molecule has 29 heavy (non-hydrogen) atoms. The van der Waals surface area contributed by atoms with Gasteiger partial charge in [0.25, 0.3) is 0 Å². The molecule has 3 aromatic rings. The third-order valence-corrected chi connectivity index (χ3v) is 5.89. The average molecular weight is 393 g/mol. The Morgan fingerprint density at radius 3 is 2.79 bits per heavy atom. The lowest BCUT2D eigenvalue weighted by molar-refractivity contribution is -0.116. The third kappa shape index (κ3) is 3.30. The minimum atomic E-state index is -0.269. The number of imidazole rings is 1. The molecule has 0 saturated carbocycles. The molecule has 0 bridgehead atoms. The van der Waals surface area contributed by atoms with E-state index >= 15 is 0 Å². The van der Waals surface area contributed by atoms with Crippen molar-refractivity contribution in [3.05, 3.63) is 53.6 Å². The van der Waals surface area contributed by atoms with Gasteiger partial charge in [0.05, 0.1) is 11.4 Å². The number of carbonyl (C=O) groups excluding carboxylic acids is 1. The molecule has 1 aromatic carbocycles. The molecular weight excluding hydrogens is 369 g/mol. The second-order valence-corrected chi connectivity index (χ2v) is 7.77. The van der Waals surface area contributed by atoms with Crippen molar-refractivity contribution >= 4 is 17.2 Å². The Kier molecular flexibility index (Phi) is 4.56. The van der Waals surface area contributed by atoms with Crippen LogP contribution in [-0.2, 0) is 17.8 Å². The van der Waals surface area contributed by atoms with Crippen molar-refractivity contribution in [2.75, 3.05) is 37.6 Å². The van der Waals surface area contributed by atoms with Gasteiger partial charge in [-0.05, 0) is 36.2 Å². The molecule has 2 aromatic heterocycles. The van der Waals surface area contributed by atoms with E-state index < -0.39 is 0 Å². The maximum absolute atomic E-state index is 14.0. The van der Waals surface area contributed by atoms with Crippen LogP contribution in [0.5, 0.6) is 0 Å². The largest absolute Gasteiger partial charge is 0.314 e. The molecule has 5 rings (SSSR count). The van der Waals surface area contributed by atoms with E-state index in [1.54, 1.807) is 13.0 Å². The van der Waals surface area contributed by atoms with Crippen molar-refractivity contribution in [2.45, 2.75) is 19.9 Å².